The van der Waals surface area contributed by atoms with Gasteiger partial charge in [-0.25, -0.2) is 0 Å². The SMILES string of the molecule is C=C(C)C=O.COCCc1cc(-c2ccc(C3CCC(C)CC3)cc2C)ccc1CO. The van der Waals surface area contributed by atoms with Crippen LogP contribution in [0.25, 0.3) is 11.1 Å². The van der Waals surface area contributed by atoms with E-state index in [-0.39, 0.29) is 6.61 Å². The van der Waals surface area contributed by atoms with Crippen LogP contribution in [-0.2, 0) is 22.6 Å². The predicted molar refractivity (Wildman–Crippen MR) is 129 cm³/mol. The average molecular weight is 423 g/mol. The number of aliphatic hydroxyl groups is 1. The molecular weight excluding hydrogens is 384 g/mol. The third-order valence-corrected chi connectivity index (χ3v) is 6.20. The molecule has 0 bridgehead atoms. The van der Waals surface area contributed by atoms with Crippen molar-refractivity contribution in [1.29, 1.82) is 0 Å². The van der Waals surface area contributed by atoms with Crippen molar-refractivity contribution in [2.75, 3.05) is 13.7 Å². The quantitative estimate of drug-likeness (QED) is 0.415. The number of hydrogen-bond donors (Lipinski definition) is 1. The molecule has 1 saturated carbocycles. The lowest BCUT2D eigenvalue weighted by Crippen LogP contribution is -2.11. The summed E-state index contributed by atoms with van der Waals surface area (Å²) in [6.07, 6.45) is 6.92. The molecule has 2 aromatic carbocycles. The lowest BCUT2D eigenvalue weighted by molar-refractivity contribution is -0.104. The molecule has 0 spiro atoms. The van der Waals surface area contributed by atoms with E-state index in [1.807, 2.05) is 0 Å². The molecule has 0 aliphatic heterocycles. The molecule has 0 aromatic heterocycles. The Morgan fingerprint density at radius 1 is 1.13 bits per heavy atom. The largest absolute Gasteiger partial charge is 0.392 e. The first-order valence-electron chi connectivity index (χ1n) is 11.3. The molecule has 0 radical (unpaired) electrons. The Morgan fingerprint density at radius 3 is 2.35 bits per heavy atom. The second-order valence-corrected chi connectivity index (χ2v) is 8.88. The van der Waals surface area contributed by atoms with E-state index in [0.29, 0.717) is 12.2 Å². The first kappa shape index (κ1) is 25.0. The highest BCUT2D eigenvalue weighted by Crippen LogP contribution is 2.37. The molecular formula is C28H38O3. The van der Waals surface area contributed by atoms with Crippen molar-refractivity contribution in [3.05, 3.63) is 70.8 Å². The Morgan fingerprint density at radius 2 is 1.81 bits per heavy atom. The Labute approximate surface area is 188 Å². The molecule has 0 unspecified atom stereocenters. The highest BCUT2D eigenvalue weighted by atomic mass is 16.5. The Kier molecular flexibility index (Phi) is 10.2. The number of hydrogen-bond acceptors (Lipinski definition) is 3. The van der Waals surface area contributed by atoms with Gasteiger partial charge in [0.25, 0.3) is 0 Å². The van der Waals surface area contributed by atoms with Crippen LogP contribution >= 0.6 is 0 Å². The normalized spacial score (nSPS) is 18.1. The van der Waals surface area contributed by atoms with E-state index in [2.05, 4.69) is 56.8 Å². The number of aliphatic hydroxyl groups excluding tert-OH is 1. The van der Waals surface area contributed by atoms with E-state index in [0.717, 1.165) is 30.1 Å². The van der Waals surface area contributed by atoms with Crippen molar-refractivity contribution in [3.63, 3.8) is 0 Å². The topological polar surface area (TPSA) is 46.5 Å². The fraction of sp³-hybridized carbons (Fsp3) is 0.464. The summed E-state index contributed by atoms with van der Waals surface area (Å²) in [5, 5.41) is 9.59. The van der Waals surface area contributed by atoms with Gasteiger partial charge in [-0.2, -0.15) is 0 Å². The van der Waals surface area contributed by atoms with Crippen LogP contribution in [-0.4, -0.2) is 25.1 Å². The molecule has 1 N–H and O–H groups in total. The van der Waals surface area contributed by atoms with E-state index in [4.69, 9.17) is 4.74 Å². The number of aryl methyl sites for hydroxylation is 1. The number of benzene rings is 2. The average Bonchev–Trinajstić information content (AvgIpc) is 2.78. The van der Waals surface area contributed by atoms with Crippen LogP contribution in [0.4, 0.5) is 0 Å². The number of rotatable bonds is 7. The van der Waals surface area contributed by atoms with Gasteiger partial charge in [-0.3, -0.25) is 4.79 Å². The molecule has 31 heavy (non-hydrogen) atoms. The van der Waals surface area contributed by atoms with E-state index in [1.165, 1.54) is 53.5 Å². The summed E-state index contributed by atoms with van der Waals surface area (Å²) in [6.45, 7) is 10.3. The van der Waals surface area contributed by atoms with Crippen molar-refractivity contribution in [2.24, 2.45) is 5.92 Å². The molecule has 1 aliphatic rings. The van der Waals surface area contributed by atoms with Gasteiger partial charge in [0.15, 0.2) is 0 Å². The highest BCUT2D eigenvalue weighted by Gasteiger charge is 2.20. The summed E-state index contributed by atoms with van der Waals surface area (Å²) in [5.41, 5.74) is 8.12. The van der Waals surface area contributed by atoms with E-state index >= 15 is 0 Å². The number of carbonyl (C=O) groups excluding carboxylic acids is 1. The summed E-state index contributed by atoms with van der Waals surface area (Å²) in [6, 6.07) is 13.4. The zero-order chi connectivity index (χ0) is 22.8. The van der Waals surface area contributed by atoms with Crippen LogP contribution < -0.4 is 0 Å². The summed E-state index contributed by atoms with van der Waals surface area (Å²) >= 11 is 0. The summed E-state index contributed by atoms with van der Waals surface area (Å²) in [4.78, 5) is 9.41. The maximum atomic E-state index is 9.59. The van der Waals surface area contributed by atoms with E-state index < -0.39 is 0 Å². The molecule has 1 fully saturated rings. The van der Waals surface area contributed by atoms with Crippen LogP contribution in [0.2, 0.25) is 0 Å². The van der Waals surface area contributed by atoms with Crippen molar-refractivity contribution < 1.29 is 14.6 Å². The number of carbonyl (C=O) groups is 1. The fourth-order valence-electron chi connectivity index (χ4n) is 4.25. The number of methoxy groups -OCH3 is 1. The maximum Gasteiger partial charge on any atom is 0.145 e. The van der Waals surface area contributed by atoms with Gasteiger partial charge in [0.05, 0.1) is 13.2 Å². The lowest BCUT2D eigenvalue weighted by Gasteiger charge is -2.27. The molecule has 0 atom stereocenters. The molecule has 0 amide bonds. The second kappa shape index (κ2) is 12.6. The lowest BCUT2D eigenvalue weighted by atomic mass is 9.79. The second-order valence-electron chi connectivity index (χ2n) is 8.88. The Hall–Kier alpha value is -2.23. The first-order valence-corrected chi connectivity index (χ1v) is 11.3. The molecule has 3 rings (SSSR count). The third-order valence-electron chi connectivity index (χ3n) is 6.20. The molecule has 0 heterocycles. The molecule has 2 aromatic rings. The smallest absolute Gasteiger partial charge is 0.145 e. The molecule has 168 valence electrons. The van der Waals surface area contributed by atoms with E-state index in [9.17, 15) is 9.90 Å². The zero-order valence-electron chi connectivity index (χ0n) is 19.6. The van der Waals surface area contributed by atoms with Crippen LogP contribution in [0, 0.1) is 12.8 Å². The Balaban J connectivity index is 0.000000614. The highest BCUT2D eigenvalue weighted by molar-refractivity contribution is 5.70. The van der Waals surface area contributed by atoms with Crippen LogP contribution in [0.5, 0.6) is 0 Å². The van der Waals surface area contributed by atoms with Gasteiger partial charge in [0.2, 0.25) is 0 Å². The summed E-state index contributed by atoms with van der Waals surface area (Å²) in [7, 11) is 1.72. The van der Waals surface area contributed by atoms with Crippen molar-refractivity contribution >= 4 is 6.29 Å². The molecule has 0 saturated heterocycles. The maximum absolute atomic E-state index is 9.59. The van der Waals surface area contributed by atoms with Gasteiger partial charge in [-0.15, -0.1) is 0 Å². The summed E-state index contributed by atoms with van der Waals surface area (Å²) in [5.74, 6) is 1.62. The number of allylic oxidation sites excluding steroid dienone is 1. The van der Waals surface area contributed by atoms with Crippen molar-refractivity contribution in [1.82, 2.24) is 0 Å². The monoisotopic (exact) mass is 422 g/mol. The van der Waals surface area contributed by atoms with Gasteiger partial charge in [0.1, 0.15) is 6.29 Å². The first-order chi connectivity index (χ1) is 14.9. The fourth-order valence-corrected chi connectivity index (χ4v) is 4.25. The van der Waals surface area contributed by atoms with Gasteiger partial charge >= 0.3 is 0 Å². The van der Waals surface area contributed by atoms with Crippen LogP contribution in [0.3, 0.4) is 0 Å². The van der Waals surface area contributed by atoms with Crippen molar-refractivity contribution in [3.8, 4) is 11.1 Å². The number of aldehydes is 1. The van der Waals surface area contributed by atoms with Crippen molar-refractivity contribution in [2.45, 2.75) is 65.4 Å². The summed E-state index contributed by atoms with van der Waals surface area (Å²) < 4.78 is 5.22. The van der Waals surface area contributed by atoms with Gasteiger partial charge in [-0.05, 0) is 83.9 Å². The molecule has 3 heteroatoms. The van der Waals surface area contributed by atoms with Crippen LogP contribution in [0.15, 0.2) is 48.6 Å². The minimum atomic E-state index is 0.0807. The van der Waals surface area contributed by atoms with Crippen LogP contribution in [0.1, 0.15) is 67.7 Å². The van der Waals surface area contributed by atoms with Gasteiger partial charge in [0, 0.05) is 7.11 Å². The zero-order valence-corrected chi connectivity index (χ0v) is 19.6. The molecule has 3 nitrogen and oxygen atoms in total. The third kappa shape index (κ3) is 7.45. The van der Waals surface area contributed by atoms with Gasteiger partial charge < -0.3 is 9.84 Å². The van der Waals surface area contributed by atoms with E-state index in [1.54, 1.807) is 14.0 Å². The standard InChI is InChI=1S/C24H32O2.C4H6O/c1-17-4-6-19(7-5-17)20-10-11-24(18(2)14-20)22-8-9-23(16-25)21(15-22)12-13-26-3;1-4(2)3-5/h8-11,14-15,17,19,25H,4-7,12-13,16H2,1-3H3;3H,1H2,2H3. The minimum absolute atomic E-state index is 0.0807. The number of ether oxygens (including phenoxy) is 1. The van der Waals surface area contributed by atoms with Gasteiger partial charge in [-0.1, -0.05) is 62.7 Å². The predicted octanol–water partition coefficient (Wildman–Crippen LogP) is 6.40. The Bertz CT molecular complexity index is 861. The minimum Gasteiger partial charge on any atom is -0.392 e. The molecule has 1 aliphatic carbocycles.